The zero-order valence-electron chi connectivity index (χ0n) is 5.17. The van der Waals surface area contributed by atoms with Crippen molar-refractivity contribution in [1.29, 1.82) is 0 Å². The van der Waals surface area contributed by atoms with Gasteiger partial charge in [-0.2, -0.15) is 0 Å². The van der Waals surface area contributed by atoms with E-state index in [4.69, 9.17) is 34.1 Å². The van der Waals surface area contributed by atoms with E-state index in [1.165, 1.54) is 0 Å². The van der Waals surface area contributed by atoms with Gasteiger partial charge in [-0.1, -0.05) is 28.4 Å². The van der Waals surface area contributed by atoms with Crippen molar-refractivity contribution < 1.29 is 5.21 Å². The number of imidazole rings is 1. The third-order valence-electron chi connectivity index (χ3n) is 0.970. The first-order chi connectivity index (χ1) is 5.15. The Morgan fingerprint density at radius 3 is 2.64 bits per heavy atom. The molecule has 0 bridgehead atoms. The highest BCUT2D eigenvalue weighted by molar-refractivity contribution is 6.40. The molecule has 0 saturated heterocycles. The molecular formula is C4H4Cl2N4O. The zero-order valence-corrected chi connectivity index (χ0v) is 6.69. The van der Waals surface area contributed by atoms with Crippen LogP contribution in [0.15, 0.2) is 5.16 Å². The van der Waals surface area contributed by atoms with Gasteiger partial charge >= 0.3 is 0 Å². The van der Waals surface area contributed by atoms with Crippen molar-refractivity contribution in [3.05, 3.63) is 16.1 Å². The second kappa shape index (κ2) is 2.98. The van der Waals surface area contributed by atoms with Crippen LogP contribution in [-0.4, -0.2) is 21.0 Å². The standard InChI is InChI=1S/C4H4Cl2N4O/c5-1-2(6)9-4(8-1)3(7)10-11/h11H,(H2,7,10)(H,8,9). The number of aromatic nitrogens is 2. The average Bonchev–Trinajstić information content (AvgIpc) is 2.31. The van der Waals surface area contributed by atoms with Gasteiger partial charge < -0.3 is 15.9 Å². The Morgan fingerprint density at radius 1 is 1.64 bits per heavy atom. The Labute approximate surface area is 71.8 Å². The highest BCUT2D eigenvalue weighted by atomic mass is 35.5. The fraction of sp³-hybridized carbons (Fsp3) is 0. The van der Waals surface area contributed by atoms with Crippen molar-refractivity contribution >= 4 is 29.0 Å². The molecule has 0 spiro atoms. The van der Waals surface area contributed by atoms with E-state index in [9.17, 15) is 0 Å². The minimum Gasteiger partial charge on any atom is -0.409 e. The van der Waals surface area contributed by atoms with Gasteiger partial charge in [-0.25, -0.2) is 4.98 Å². The number of halogens is 2. The van der Waals surface area contributed by atoms with Gasteiger partial charge in [0.25, 0.3) is 0 Å². The van der Waals surface area contributed by atoms with Crippen LogP contribution >= 0.6 is 23.2 Å². The summed E-state index contributed by atoms with van der Waals surface area (Å²) in [6.45, 7) is 0. The summed E-state index contributed by atoms with van der Waals surface area (Å²) in [5, 5.41) is 11.2. The molecule has 0 aliphatic carbocycles. The smallest absolute Gasteiger partial charge is 0.206 e. The molecule has 1 rings (SSSR count). The maximum Gasteiger partial charge on any atom is 0.206 e. The molecule has 5 nitrogen and oxygen atoms in total. The van der Waals surface area contributed by atoms with Gasteiger partial charge in [0.2, 0.25) is 5.84 Å². The Bertz CT molecular complexity index is 275. The van der Waals surface area contributed by atoms with Crippen molar-refractivity contribution in [1.82, 2.24) is 9.97 Å². The maximum atomic E-state index is 8.21. The Balaban J connectivity index is 3.07. The Kier molecular flexibility index (Phi) is 2.21. The quantitative estimate of drug-likeness (QED) is 0.268. The van der Waals surface area contributed by atoms with Gasteiger partial charge in [0.1, 0.15) is 5.15 Å². The lowest BCUT2D eigenvalue weighted by Crippen LogP contribution is -2.14. The summed E-state index contributed by atoms with van der Waals surface area (Å²) in [5.74, 6) is -0.0266. The number of rotatable bonds is 1. The van der Waals surface area contributed by atoms with Gasteiger partial charge in [-0.3, -0.25) is 0 Å². The Morgan fingerprint density at radius 2 is 2.27 bits per heavy atom. The second-order valence-electron chi connectivity index (χ2n) is 1.68. The molecule has 1 aromatic rings. The molecule has 0 atom stereocenters. The number of hydrogen-bond acceptors (Lipinski definition) is 3. The first-order valence-electron chi connectivity index (χ1n) is 2.54. The van der Waals surface area contributed by atoms with E-state index >= 15 is 0 Å². The lowest BCUT2D eigenvalue weighted by molar-refractivity contribution is 0.318. The number of aromatic amines is 1. The molecular weight excluding hydrogens is 191 g/mol. The summed E-state index contributed by atoms with van der Waals surface area (Å²) in [6.07, 6.45) is 0. The molecule has 7 heteroatoms. The predicted molar refractivity (Wildman–Crippen MR) is 41.1 cm³/mol. The first-order valence-corrected chi connectivity index (χ1v) is 3.29. The molecule has 0 unspecified atom stereocenters. The molecule has 1 aromatic heterocycles. The van der Waals surface area contributed by atoms with Crippen molar-refractivity contribution in [3.8, 4) is 0 Å². The van der Waals surface area contributed by atoms with Crippen LogP contribution < -0.4 is 5.73 Å². The normalized spacial score (nSPS) is 12.0. The van der Waals surface area contributed by atoms with Crippen molar-refractivity contribution in [3.63, 3.8) is 0 Å². The molecule has 60 valence electrons. The summed E-state index contributed by atoms with van der Waals surface area (Å²) in [6, 6.07) is 0. The van der Waals surface area contributed by atoms with Crippen molar-refractivity contribution in [2.75, 3.05) is 0 Å². The van der Waals surface area contributed by atoms with Gasteiger partial charge in [0.15, 0.2) is 11.0 Å². The summed E-state index contributed by atoms with van der Waals surface area (Å²) in [4.78, 5) is 6.14. The SMILES string of the molecule is NC(=NO)c1nc(Cl)c(Cl)[nH]1. The molecule has 0 amide bonds. The van der Waals surface area contributed by atoms with Crippen molar-refractivity contribution in [2.24, 2.45) is 10.9 Å². The molecule has 0 radical (unpaired) electrons. The van der Waals surface area contributed by atoms with Gasteiger partial charge in [-0.05, 0) is 0 Å². The van der Waals surface area contributed by atoms with Crippen LogP contribution in [0.25, 0.3) is 0 Å². The third-order valence-corrected chi connectivity index (χ3v) is 1.61. The highest BCUT2D eigenvalue weighted by Crippen LogP contribution is 2.17. The predicted octanol–water partition coefficient (Wildman–Crippen LogP) is 0.811. The van der Waals surface area contributed by atoms with E-state index in [1.54, 1.807) is 0 Å². The lowest BCUT2D eigenvalue weighted by Gasteiger charge is -1.87. The number of H-pyrrole nitrogens is 1. The molecule has 0 aliphatic rings. The molecule has 0 aliphatic heterocycles. The number of hydrogen-bond donors (Lipinski definition) is 3. The minimum absolute atomic E-state index is 0.0910. The number of oxime groups is 1. The number of nitrogens with zero attached hydrogens (tertiary/aromatic N) is 2. The number of nitrogens with one attached hydrogen (secondary N) is 1. The minimum atomic E-state index is -0.168. The van der Waals surface area contributed by atoms with E-state index in [0.717, 1.165) is 0 Å². The van der Waals surface area contributed by atoms with E-state index < -0.39 is 0 Å². The molecule has 11 heavy (non-hydrogen) atoms. The summed E-state index contributed by atoms with van der Waals surface area (Å²) in [7, 11) is 0. The van der Waals surface area contributed by atoms with E-state index in [2.05, 4.69) is 15.1 Å². The fourth-order valence-corrected chi connectivity index (χ4v) is 0.763. The van der Waals surface area contributed by atoms with Gasteiger partial charge in [-0.15, -0.1) is 0 Å². The average molecular weight is 195 g/mol. The second-order valence-corrected chi connectivity index (χ2v) is 2.41. The van der Waals surface area contributed by atoms with Crippen LogP contribution in [0.4, 0.5) is 0 Å². The van der Waals surface area contributed by atoms with Crippen LogP contribution in [0, 0.1) is 0 Å². The Hall–Kier alpha value is -0.940. The number of amidine groups is 1. The summed E-state index contributed by atoms with van der Waals surface area (Å²) in [5.41, 5.74) is 5.17. The topological polar surface area (TPSA) is 87.3 Å². The van der Waals surface area contributed by atoms with Crippen molar-refractivity contribution in [2.45, 2.75) is 0 Å². The summed E-state index contributed by atoms with van der Waals surface area (Å²) >= 11 is 11.0. The molecule has 4 N–H and O–H groups in total. The first kappa shape index (κ1) is 8.16. The molecule has 0 saturated carbocycles. The number of nitrogens with two attached hydrogens (primary N) is 1. The van der Waals surface area contributed by atoms with Crippen LogP contribution in [0.1, 0.15) is 5.82 Å². The molecule has 0 fully saturated rings. The molecule has 0 aromatic carbocycles. The fourth-order valence-electron chi connectivity index (χ4n) is 0.499. The van der Waals surface area contributed by atoms with Gasteiger partial charge in [0.05, 0.1) is 0 Å². The lowest BCUT2D eigenvalue weighted by atomic mass is 10.6. The van der Waals surface area contributed by atoms with Gasteiger partial charge in [0, 0.05) is 0 Å². The van der Waals surface area contributed by atoms with E-state index in [-0.39, 0.29) is 22.0 Å². The van der Waals surface area contributed by atoms with Crippen LogP contribution in [0.2, 0.25) is 10.3 Å². The monoisotopic (exact) mass is 194 g/mol. The maximum absolute atomic E-state index is 8.21. The van der Waals surface area contributed by atoms with Crippen LogP contribution in [0.5, 0.6) is 0 Å². The molecule has 1 heterocycles. The largest absolute Gasteiger partial charge is 0.409 e. The van der Waals surface area contributed by atoms with E-state index in [0.29, 0.717) is 0 Å². The van der Waals surface area contributed by atoms with Crippen LogP contribution in [-0.2, 0) is 0 Å². The third kappa shape index (κ3) is 1.55. The zero-order chi connectivity index (χ0) is 8.43. The highest BCUT2D eigenvalue weighted by Gasteiger charge is 2.08. The van der Waals surface area contributed by atoms with E-state index in [1.807, 2.05) is 0 Å². The summed E-state index contributed by atoms with van der Waals surface area (Å²) < 4.78 is 0. The van der Waals surface area contributed by atoms with Crippen LogP contribution in [0.3, 0.4) is 0 Å².